The van der Waals surface area contributed by atoms with Gasteiger partial charge in [0.2, 0.25) is 0 Å². The van der Waals surface area contributed by atoms with E-state index in [0.29, 0.717) is 11.4 Å². The molecule has 0 bridgehead atoms. The molecular weight excluding hydrogens is 265 g/mol. The number of nitro benzene ring substituents is 1. The Morgan fingerprint density at radius 3 is 2.50 bits per heavy atom. The molecule has 0 aliphatic rings. The van der Waals surface area contributed by atoms with E-state index >= 15 is 0 Å². The Morgan fingerprint density at radius 2 is 1.90 bits per heavy atom. The normalized spacial score (nSPS) is 10.1. The fourth-order valence-corrected chi connectivity index (χ4v) is 1.70. The molecule has 0 heterocycles. The largest absolute Gasteiger partial charge is 0.494 e. The maximum Gasteiger partial charge on any atom is 0.292 e. The molecule has 0 radical (unpaired) electrons. The average molecular weight is 277 g/mol. The zero-order chi connectivity index (χ0) is 14.7. The van der Waals surface area contributed by atoms with Gasteiger partial charge in [-0.25, -0.2) is 4.39 Å². The molecule has 20 heavy (non-hydrogen) atoms. The first-order valence-corrected chi connectivity index (χ1v) is 5.65. The highest BCUT2D eigenvalue weighted by Gasteiger charge is 2.11. The van der Waals surface area contributed by atoms with Crippen LogP contribution in [0.3, 0.4) is 0 Å². The van der Waals surface area contributed by atoms with Crippen molar-refractivity contribution < 1.29 is 14.1 Å². The van der Waals surface area contributed by atoms with E-state index in [4.69, 9.17) is 10.5 Å². The van der Waals surface area contributed by atoms with E-state index in [9.17, 15) is 14.5 Å². The van der Waals surface area contributed by atoms with Gasteiger partial charge in [0.05, 0.1) is 12.0 Å². The van der Waals surface area contributed by atoms with Crippen molar-refractivity contribution in [2.24, 2.45) is 0 Å². The molecule has 0 amide bonds. The number of hydrogen-bond donors (Lipinski definition) is 2. The number of rotatable bonds is 4. The second kappa shape index (κ2) is 5.43. The summed E-state index contributed by atoms with van der Waals surface area (Å²) in [5.41, 5.74) is 6.62. The number of nitro groups is 1. The number of hydrogen-bond acceptors (Lipinski definition) is 5. The van der Waals surface area contributed by atoms with Crippen LogP contribution in [0.25, 0.3) is 0 Å². The number of benzene rings is 2. The molecule has 0 saturated carbocycles. The van der Waals surface area contributed by atoms with Crippen LogP contribution in [-0.4, -0.2) is 12.0 Å². The van der Waals surface area contributed by atoms with Crippen LogP contribution in [0.4, 0.5) is 27.1 Å². The smallest absolute Gasteiger partial charge is 0.292 e. The lowest BCUT2D eigenvalue weighted by molar-refractivity contribution is -0.383. The van der Waals surface area contributed by atoms with Crippen molar-refractivity contribution >= 4 is 22.7 Å². The molecule has 2 aromatic rings. The molecule has 7 heteroatoms. The fourth-order valence-electron chi connectivity index (χ4n) is 1.70. The molecule has 0 spiro atoms. The lowest BCUT2D eigenvalue weighted by Gasteiger charge is -2.09. The van der Waals surface area contributed by atoms with E-state index in [-0.39, 0.29) is 17.1 Å². The highest BCUT2D eigenvalue weighted by molar-refractivity contribution is 5.70. The molecule has 0 saturated heterocycles. The average Bonchev–Trinajstić information content (AvgIpc) is 2.40. The number of nitrogens with two attached hydrogens (primary N) is 1. The van der Waals surface area contributed by atoms with Gasteiger partial charge in [-0.3, -0.25) is 10.1 Å². The van der Waals surface area contributed by atoms with E-state index in [1.54, 1.807) is 0 Å². The maximum absolute atomic E-state index is 13.3. The van der Waals surface area contributed by atoms with Gasteiger partial charge in [-0.05, 0) is 24.3 Å². The lowest BCUT2D eigenvalue weighted by Crippen LogP contribution is -1.98. The highest BCUT2D eigenvalue weighted by atomic mass is 19.1. The topological polar surface area (TPSA) is 90.4 Å². The summed E-state index contributed by atoms with van der Waals surface area (Å²) in [4.78, 5) is 10.1. The molecule has 0 fully saturated rings. The summed E-state index contributed by atoms with van der Waals surface area (Å²) < 4.78 is 18.1. The van der Waals surface area contributed by atoms with Crippen LogP contribution in [0.2, 0.25) is 0 Å². The van der Waals surface area contributed by atoms with Crippen LogP contribution in [0.15, 0.2) is 36.4 Å². The molecule has 0 atom stereocenters. The number of ether oxygens (including phenoxy) is 1. The predicted molar refractivity (Wildman–Crippen MR) is 73.7 cm³/mol. The molecular formula is C13H12FN3O3. The van der Waals surface area contributed by atoms with Crippen LogP contribution >= 0.6 is 0 Å². The van der Waals surface area contributed by atoms with Gasteiger partial charge in [-0.15, -0.1) is 0 Å². The summed E-state index contributed by atoms with van der Waals surface area (Å²) in [5, 5.41) is 13.6. The zero-order valence-corrected chi connectivity index (χ0v) is 10.6. The van der Waals surface area contributed by atoms with Crippen LogP contribution < -0.4 is 15.8 Å². The minimum Gasteiger partial charge on any atom is -0.494 e. The summed E-state index contributed by atoms with van der Waals surface area (Å²) in [6.45, 7) is 0. The molecule has 2 aromatic carbocycles. The summed E-state index contributed by atoms with van der Waals surface area (Å²) in [7, 11) is 1.37. The van der Waals surface area contributed by atoms with Crippen LogP contribution in [0, 0.1) is 15.9 Å². The molecule has 0 aliphatic carbocycles. The molecule has 6 nitrogen and oxygen atoms in total. The van der Waals surface area contributed by atoms with Gasteiger partial charge in [0.1, 0.15) is 5.69 Å². The lowest BCUT2D eigenvalue weighted by atomic mass is 10.2. The molecule has 3 N–H and O–H groups in total. The number of methoxy groups -OCH3 is 1. The Morgan fingerprint density at radius 1 is 1.25 bits per heavy atom. The van der Waals surface area contributed by atoms with Gasteiger partial charge >= 0.3 is 0 Å². The maximum atomic E-state index is 13.3. The third-order valence-corrected chi connectivity index (χ3v) is 2.66. The molecule has 0 unspecified atom stereocenters. The third kappa shape index (κ3) is 2.77. The van der Waals surface area contributed by atoms with Crippen molar-refractivity contribution in [1.82, 2.24) is 0 Å². The number of halogens is 1. The first-order valence-electron chi connectivity index (χ1n) is 5.65. The summed E-state index contributed by atoms with van der Waals surface area (Å²) >= 11 is 0. The van der Waals surface area contributed by atoms with Crippen molar-refractivity contribution in [2.75, 3.05) is 18.2 Å². The van der Waals surface area contributed by atoms with Crippen molar-refractivity contribution in [3.05, 3.63) is 52.3 Å². The van der Waals surface area contributed by atoms with Gasteiger partial charge in [-0.1, -0.05) is 0 Å². The highest BCUT2D eigenvalue weighted by Crippen LogP contribution is 2.28. The van der Waals surface area contributed by atoms with Gasteiger partial charge in [0.15, 0.2) is 11.6 Å². The molecule has 0 aliphatic heterocycles. The predicted octanol–water partition coefficient (Wildman–Crippen LogP) is 3.07. The minimum absolute atomic E-state index is 0.0501. The Labute approximate surface area is 114 Å². The van der Waals surface area contributed by atoms with Gasteiger partial charge in [-0.2, -0.15) is 0 Å². The van der Waals surface area contributed by atoms with E-state index in [1.165, 1.54) is 43.5 Å². The van der Waals surface area contributed by atoms with Gasteiger partial charge in [0, 0.05) is 23.5 Å². The molecule has 0 aromatic heterocycles. The minimum atomic E-state index is -0.556. The second-order valence-electron chi connectivity index (χ2n) is 4.01. The molecule has 2 rings (SSSR count). The van der Waals surface area contributed by atoms with Crippen molar-refractivity contribution in [3.63, 3.8) is 0 Å². The Balaban J connectivity index is 2.26. The first-order chi connectivity index (χ1) is 9.51. The van der Waals surface area contributed by atoms with Crippen molar-refractivity contribution in [1.29, 1.82) is 0 Å². The number of anilines is 3. The molecule has 104 valence electrons. The van der Waals surface area contributed by atoms with Crippen molar-refractivity contribution in [3.8, 4) is 5.75 Å². The third-order valence-electron chi connectivity index (χ3n) is 2.66. The first kappa shape index (κ1) is 13.6. The number of nitrogens with one attached hydrogen (secondary N) is 1. The summed E-state index contributed by atoms with van der Waals surface area (Å²) in [6, 6.07) is 8.52. The Bertz CT molecular complexity index is 661. The van der Waals surface area contributed by atoms with E-state index in [0.717, 1.165) is 0 Å². The Kier molecular flexibility index (Phi) is 3.69. The standard InChI is InChI=1S/C13H12FN3O3/c1-20-13-7-9(2-4-10(13)14)16-8-3-5-12(17(18)19)11(15)6-8/h2-7,16H,15H2,1H3. The van der Waals surface area contributed by atoms with Crippen LogP contribution in [0.1, 0.15) is 0 Å². The zero-order valence-electron chi connectivity index (χ0n) is 10.6. The SMILES string of the molecule is COc1cc(Nc2ccc([N+](=O)[O-])c(N)c2)ccc1F. The van der Waals surface area contributed by atoms with E-state index in [1.807, 2.05) is 0 Å². The van der Waals surface area contributed by atoms with Gasteiger partial charge < -0.3 is 15.8 Å². The monoisotopic (exact) mass is 277 g/mol. The quantitative estimate of drug-likeness (QED) is 0.509. The number of nitrogens with zero attached hydrogens (tertiary/aromatic N) is 1. The van der Waals surface area contributed by atoms with Crippen LogP contribution in [0.5, 0.6) is 5.75 Å². The summed E-state index contributed by atoms with van der Waals surface area (Å²) in [5.74, 6) is -0.369. The Hall–Kier alpha value is -2.83. The van der Waals surface area contributed by atoms with Gasteiger partial charge in [0.25, 0.3) is 5.69 Å². The summed E-state index contributed by atoms with van der Waals surface area (Å²) in [6.07, 6.45) is 0. The number of nitrogen functional groups attached to an aromatic ring is 1. The van der Waals surface area contributed by atoms with E-state index < -0.39 is 10.7 Å². The fraction of sp³-hybridized carbons (Fsp3) is 0.0769. The van der Waals surface area contributed by atoms with Crippen molar-refractivity contribution in [2.45, 2.75) is 0 Å². The van der Waals surface area contributed by atoms with Crippen LogP contribution in [-0.2, 0) is 0 Å². The second-order valence-corrected chi connectivity index (χ2v) is 4.01. The van der Waals surface area contributed by atoms with E-state index in [2.05, 4.69) is 5.32 Å².